The van der Waals surface area contributed by atoms with E-state index in [0.717, 1.165) is 28.6 Å². The maximum atomic E-state index is 5.65. The van der Waals surface area contributed by atoms with E-state index in [4.69, 9.17) is 18.9 Å². The summed E-state index contributed by atoms with van der Waals surface area (Å²) >= 11 is 0. The van der Waals surface area contributed by atoms with E-state index in [1.807, 2.05) is 6.07 Å². The SMILES string of the molecule is COc1ccc2c(c1OC)C=[N+](C)C1c3cc4c(cc3C=CC21)OCO4.[Cl-]. The molecule has 2 heterocycles. The topological polar surface area (TPSA) is 39.9 Å². The van der Waals surface area contributed by atoms with Gasteiger partial charge in [0.25, 0.3) is 0 Å². The van der Waals surface area contributed by atoms with Crippen LogP contribution in [0.15, 0.2) is 30.3 Å². The summed E-state index contributed by atoms with van der Waals surface area (Å²) in [6.45, 7) is 0.290. The van der Waals surface area contributed by atoms with Crippen LogP contribution in [0, 0.1) is 0 Å². The van der Waals surface area contributed by atoms with Crippen molar-refractivity contribution in [1.29, 1.82) is 0 Å². The van der Waals surface area contributed by atoms with E-state index >= 15 is 0 Å². The Morgan fingerprint density at radius 1 is 1.04 bits per heavy atom. The molecule has 0 fully saturated rings. The second kappa shape index (κ2) is 6.50. The smallest absolute Gasteiger partial charge is 0.231 e. The van der Waals surface area contributed by atoms with E-state index in [1.54, 1.807) is 14.2 Å². The number of benzene rings is 2. The van der Waals surface area contributed by atoms with Crippen molar-refractivity contribution in [2.45, 2.75) is 12.0 Å². The lowest BCUT2D eigenvalue weighted by molar-refractivity contribution is -0.544. The summed E-state index contributed by atoms with van der Waals surface area (Å²) in [6.07, 6.45) is 6.59. The normalized spacial score (nSPS) is 20.6. The summed E-state index contributed by atoms with van der Waals surface area (Å²) in [6, 6.07) is 8.52. The molecular weight excluding hydrogens is 366 g/mol. The van der Waals surface area contributed by atoms with Crippen LogP contribution in [0.5, 0.6) is 23.0 Å². The van der Waals surface area contributed by atoms with Crippen LogP contribution >= 0.6 is 0 Å². The second-order valence-corrected chi connectivity index (χ2v) is 6.76. The molecule has 0 aromatic heterocycles. The Labute approximate surface area is 164 Å². The van der Waals surface area contributed by atoms with Crippen LogP contribution in [-0.2, 0) is 0 Å². The number of ether oxygens (including phenoxy) is 4. The third kappa shape index (κ3) is 2.49. The van der Waals surface area contributed by atoms with Crippen LogP contribution in [0.1, 0.15) is 34.2 Å². The van der Waals surface area contributed by atoms with Gasteiger partial charge in [-0.15, -0.1) is 0 Å². The molecule has 2 aromatic carbocycles. The number of hydrogen-bond donors (Lipinski definition) is 0. The Kier molecular flexibility index (Phi) is 4.27. The van der Waals surface area contributed by atoms with Gasteiger partial charge in [-0.05, 0) is 29.3 Å². The average molecular weight is 386 g/mol. The van der Waals surface area contributed by atoms with Crippen LogP contribution in [0.2, 0.25) is 0 Å². The van der Waals surface area contributed by atoms with Crippen molar-refractivity contribution in [2.24, 2.45) is 0 Å². The number of nitrogens with zero attached hydrogens (tertiary/aromatic N) is 1. The molecule has 5 rings (SSSR count). The fraction of sp³-hybridized carbons (Fsp3) is 0.286. The number of fused-ring (bicyclic) bond motifs is 6. The first kappa shape index (κ1) is 17.7. The molecule has 0 N–H and O–H groups in total. The Bertz CT molecular complexity index is 983. The minimum absolute atomic E-state index is 0. The zero-order chi connectivity index (χ0) is 17.8. The van der Waals surface area contributed by atoms with Gasteiger partial charge in [-0.25, -0.2) is 4.58 Å². The van der Waals surface area contributed by atoms with Crippen molar-refractivity contribution < 1.29 is 35.9 Å². The lowest BCUT2D eigenvalue weighted by Crippen LogP contribution is -3.00. The van der Waals surface area contributed by atoms with Crippen molar-refractivity contribution >= 4 is 12.3 Å². The Hall–Kier alpha value is -2.66. The molecule has 2 unspecified atom stereocenters. The van der Waals surface area contributed by atoms with Crippen molar-refractivity contribution in [3.8, 4) is 23.0 Å². The molecule has 0 spiro atoms. The minimum atomic E-state index is 0. The lowest BCUT2D eigenvalue weighted by Gasteiger charge is -2.31. The number of likely N-dealkylation sites (N-methyl/N-ethyl adjacent to an activating group) is 1. The number of halogens is 1. The number of hydrogen-bond acceptors (Lipinski definition) is 4. The fourth-order valence-electron chi connectivity index (χ4n) is 4.30. The van der Waals surface area contributed by atoms with Crippen molar-refractivity contribution in [3.63, 3.8) is 0 Å². The zero-order valence-corrected chi connectivity index (χ0v) is 16.1. The first-order chi connectivity index (χ1) is 12.7. The van der Waals surface area contributed by atoms with Crippen molar-refractivity contribution in [1.82, 2.24) is 0 Å². The van der Waals surface area contributed by atoms with Crippen LogP contribution in [0.4, 0.5) is 0 Å². The van der Waals surface area contributed by atoms with Gasteiger partial charge in [0.1, 0.15) is 7.05 Å². The highest BCUT2D eigenvalue weighted by Crippen LogP contribution is 2.49. The highest BCUT2D eigenvalue weighted by atomic mass is 35.5. The van der Waals surface area contributed by atoms with Crippen LogP contribution in [0.25, 0.3) is 6.08 Å². The molecule has 0 bridgehead atoms. The molecule has 6 heteroatoms. The Morgan fingerprint density at radius 3 is 2.56 bits per heavy atom. The molecule has 2 aliphatic heterocycles. The van der Waals surface area contributed by atoms with Crippen LogP contribution < -0.4 is 31.4 Å². The Balaban J connectivity index is 0.00000180. The van der Waals surface area contributed by atoms with E-state index < -0.39 is 0 Å². The highest BCUT2D eigenvalue weighted by Gasteiger charge is 2.41. The van der Waals surface area contributed by atoms with E-state index in [9.17, 15) is 0 Å². The maximum Gasteiger partial charge on any atom is 0.231 e. The van der Waals surface area contributed by atoms with Gasteiger partial charge in [0.15, 0.2) is 35.3 Å². The van der Waals surface area contributed by atoms with Gasteiger partial charge in [-0.1, -0.05) is 18.2 Å². The van der Waals surface area contributed by atoms with Gasteiger partial charge < -0.3 is 31.4 Å². The second-order valence-electron chi connectivity index (χ2n) is 6.76. The zero-order valence-electron chi connectivity index (χ0n) is 15.4. The quantitative estimate of drug-likeness (QED) is 0.700. The van der Waals surface area contributed by atoms with Gasteiger partial charge in [0.05, 0.1) is 25.7 Å². The molecular formula is C21H20ClNO4. The summed E-state index contributed by atoms with van der Waals surface area (Å²) in [5.41, 5.74) is 4.75. The first-order valence-corrected chi connectivity index (χ1v) is 8.64. The summed E-state index contributed by atoms with van der Waals surface area (Å²) in [5, 5.41) is 0. The molecule has 27 heavy (non-hydrogen) atoms. The van der Waals surface area contributed by atoms with E-state index in [-0.39, 0.29) is 31.2 Å². The highest BCUT2D eigenvalue weighted by molar-refractivity contribution is 5.86. The van der Waals surface area contributed by atoms with Gasteiger partial charge >= 0.3 is 0 Å². The molecule has 1 aliphatic carbocycles. The average Bonchev–Trinajstić information content (AvgIpc) is 3.12. The molecule has 0 saturated heterocycles. The van der Waals surface area contributed by atoms with Crippen molar-refractivity contribution in [2.75, 3.05) is 28.1 Å². The minimum Gasteiger partial charge on any atom is -1.00 e. The molecule has 140 valence electrons. The van der Waals surface area contributed by atoms with Gasteiger partial charge in [-0.3, -0.25) is 0 Å². The molecule has 3 aliphatic rings. The summed E-state index contributed by atoms with van der Waals surface area (Å²) < 4.78 is 24.5. The largest absolute Gasteiger partial charge is 1.00 e. The Morgan fingerprint density at radius 2 is 1.81 bits per heavy atom. The summed E-state index contributed by atoms with van der Waals surface area (Å²) in [7, 11) is 5.46. The molecule has 0 saturated carbocycles. The summed E-state index contributed by atoms with van der Waals surface area (Å²) in [4.78, 5) is 0. The number of rotatable bonds is 2. The van der Waals surface area contributed by atoms with Crippen LogP contribution in [-0.4, -0.2) is 38.9 Å². The predicted octanol–water partition coefficient (Wildman–Crippen LogP) is 0.363. The first-order valence-electron chi connectivity index (χ1n) is 8.64. The number of methoxy groups -OCH3 is 2. The van der Waals surface area contributed by atoms with E-state index in [2.05, 4.69) is 48.2 Å². The molecule has 2 aromatic rings. The monoisotopic (exact) mass is 385 g/mol. The predicted molar refractivity (Wildman–Crippen MR) is 98.0 cm³/mol. The third-order valence-corrected chi connectivity index (χ3v) is 5.47. The fourth-order valence-corrected chi connectivity index (χ4v) is 4.30. The van der Waals surface area contributed by atoms with Gasteiger partial charge in [0, 0.05) is 5.56 Å². The molecule has 0 radical (unpaired) electrons. The lowest BCUT2D eigenvalue weighted by atomic mass is 9.77. The maximum absolute atomic E-state index is 5.65. The molecule has 0 amide bonds. The third-order valence-electron chi connectivity index (χ3n) is 5.47. The van der Waals surface area contributed by atoms with E-state index in [0.29, 0.717) is 0 Å². The van der Waals surface area contributed by atoms with E-state index in [1.165, 1.54) is 16.7 Å². The van der Waals surface area contributed by atoms with Gasteiger partial charge in [-0.2, -0.15) is 0 Å². The standard InChI is InChI=1S/C21H20NO4.ClH/c1-22-10-16-13(6-7-17(23-2)21(16)24-3)14-5-4-12-8-18-19(26-11-25-18)9-15(12)20(14)22;/h4-10,14,20H,11H2,1-3H3;1H/q+1;/p-1. The van der Waals surface area contributed by atoms with Gasteiger partial charge in [0.2, 0.25) is 6.79 Å². The molecule has 2 atom stereocenters. The van der Waals surface area contributed by atoms with Crippen molar-refractivity contribution in [3.05, 3.63) is 52.6 Å². The summed E-state index contributed by atoms with van der Waals surface area (Å²) in [5.74, 6) is 3.40. The van der Waals surface area contributed by atoms with Crippen LogP contribution in [0.3, 0.4) is 0 Å². The molecule has 5 nitrogen and oxygen atoms in total.